The van der Waals surface area contributed by atoms with Crippen molar-refractivity contribution in [2.24, 2.45) is 5.73 Å². The van der Waals surface area contributed by atoms with Crippen molar-refractivity contribution in [2.75, 3.05) is 6.54 Å². The molecule has 0 bridgehead atoms. The quantitative estimate of drug-likeness (QED) is 0.912. The van der Waals surface area contributed by atoms with Gasteiger partial charge in [0, 0.05) is 41.3 Å². The Morgan fingerprint density at radius 1 is 1.36 bits per heavy atom. The Bertz CT molecular complexity index is 710. The van der Waals surface area contributed by atoms with Crippen molar-refractivity contribution in [3.63, 3.8) is 0 Å². The standard InChI is InChI=1S/C17H22FN3O/c1-17(2,3)20-16(22)14-4-5-15-13(8-14)6-7-21(15)11-12(9-18)10-19/h4-9H,10-11,19H2,1-3H3,(H,20,22)/b12-9+. The summed E-state index contributed by atoms with van der Waals surface area (Å²) < 4.78 is 14.6. The van der Waals surface area contributed by atoms with E-state index in [-0.39, 0.29) is 18.0 Å². The van der Waals surface area contributed by atoms with E-state index < -0.39 is 0 Å². The molecule has 0 saturated heterocycles. The second-order valence-corrected chi connectivity index (χ2v) is 6.39. The number of rotatable bonds is 4. The minimum atomic E-state index is -0.278. The molecule has 5 heteroatoms. The van der Waals surface area contributed by atoms with Gasteiger partial charge in [-0.15, -0.1) is 0 Å². The Kier molecular flexibility index (Phi) is 4.66. The van der Waals surface area contributed by atoms with Crippen molar-refractivity contribution in [2.45, 2.75) is 32.9 Å². The molecule has 0 radical (unpaired) electrons. The van der Waals surface area contributed by atoms with Gasteiger partial charge < -0.3 is 15.6 Å². The zero-order valence-electron chi connectivity index (χ0n) is 13.2. The Morgan fingerprint density at radius 3 is 2.68 bits per heavy atom. The van der Waals surface area contributed by atoms with Crippen LogP contribution in [0.5, 0.6) is 0 Å². The topological polar surface area (TPSA) is 60.0 Å². The van der Waals surface area contributed by atoms with E-state index >= 15 is 0 Å². The van der Waals surface area contributed by atoms with Gasteiger partial charge in [-0.3, -0.25) is 4.79 Å². The third kappa shape index (κ3) is 3.74. The van der Waals surface area contributed by atoms with Gasteiger partial charge in [0.2, 0.25) is 0 Å². The van der Waals surface area contributed by atoms with Gasteiger partial charge in [-0.05, 0) is 50.6 Å². The van der Waals surface area contributed by atoms with Crippen molar-refractivity contribution in [1.82, 2.24) is 9.88 Å². The Labute approximate surface area is 129 Å². The Morgan fingerprint density at radius 2 is 2.09 bits per heavy atom. The Hall–Kier alpha value is -2.14. The summed E-state index contributed by atoms with van der Waals surface area (Å²) in [5.41, 5.74) is 7.29. The number of halogens is 1. The molecular formula is C17H22FN3O. The first-order valence-electron chi connectivity index (χ1n) is 7.23. The number of benzene rings is 1. The number of hydrogen-bond acceptors (Lipinski definition) is 2. The number of fused-ring (bicyclic) bond motifs is 1. The summed E-state index contributed by atoms with van der Waals surface area (Å²) in [7, 11) is 0. The van der Waals surface area contributed by atoms with Crippen molar-refractivity contribution in [3.8, 4) is 0 Å². The lowest BCUT2D eigenvalue weighted by molar-refractivity contribution is 0.0919. The number of amides is 1. The van der Waals surface area contributed by atoms with Crippen LogP contribution in [0.3, 0.4) is 0 Å². The largest absolute Gasteiger partial charge is 0.347 e. The van der Waals surface area contributed by atoms with Gasteiger partial charge >= 0.3 is 0 Å². The number of aromatic nitrogens is 1. The SMILES string of the molecule is CC(C)(C)NC(=O)c1ccc2c(ccn2C/C(=C/F)CN)c1. The molecule has 0 saturated carbocycles. The molecule has 3 N–H and O–H groups in total. The summed E-state index contributed by atoms with van der Waals surface area (Å²) in [6.45, 7) is 6.42. The smallest absolute Gasteiger partial charge is 0.251 e. The molecule has 0 aliphatic carbocycles. The molecule has 0 unspecified atom stereocenters. The number of carbonyl (C=O) groups excluding carboxylic acids is 1. The van der Waals surface area contributed by atoms with Crippen LogP contribution in [-0.4, -0.2) is 22.6 Å². The van der Waals surface area contributed by atoms with Gasteiger partial charge in [-0.1, -0.05) is 0 Å². The van der Waals surface area contributed by atoms with E-state index in [1.807, 2.05) is 49.7 Å². The molecule has 4 nitrogen and oxygen atoms in total. The van der Waals surface area contributed by atoms with Crippen LogP contribution in [0, 0.1) is 0 Å². The van der Waals surface area contributed by atoms with E-state index in [9.17, 15) is 9.18 Å². The number of nitrogens with zero attached hydrogens (tertiary/aromatic N) is 1. The minimum absolute atomic E-state index is 0.103. The molecule has 118 valence electrons. The lowest BCUT2D eigenvalue weighted by Crippen LogP contribution is -2.40. The molecule has 1 heterocycles. The summed E-state index contributed by atoms with van der Waals surface area (Å²) in [6.07, 6.45) is 2.42. The summed E-state index contributed by atoms with van der Waals surface area (Å²) >= 11 is 0. The molecule has 2 rings (SSSR count). The van der Waals surface area contributed by atoms with Crippen LogP contribution in [0.1, 0.15) is 31.1 Å². The predicted molar refractivity (Wildman–Crippen MR) is 87.4 cm³/mol. The van der Waals surface area contributed by atoms with Crippen LogP contribution in [0.4, 0.5) is 4.39 Å². The second-order valence-electron chi connectivity index (χ2n) is 6.39. The van der Waals surface area contributed by atoms with Crippen LogP contribution in [0.15, 0.2) is 42.4 Å². The lowest BCUT2D eigenvalue weighted by Gasteiger charge is -2.20. The lowest BCUT2D eigenvalue weighted by atomic mass is 10.1. The van der Waals surface area contributed by atoms with Crippen LogP contribution in [0.2, 0.25) is 0 Å². The molecule has 2 aromatic rings. The first kappa shape index (κ1) is 16.2. The molecule has 0 fully saturated rings. The summed E-state index contributed by atoms with van der Waals surface area (Å²) in [5.74, 6) is -0.103. The van der Waals surface area contributed by atoms with Crippen molar-refractivity contribution >= 4 is 16.8 Å². The maximum Gasteiger partial charge on any atom is 0.251 e. The highest BCUT2D eigenvalue weighted by Gasteiger charge is 2.16. The van der Waals surface area contributed by atoms with E-state index in [4.69, 9.17) is 5.73 Å². The third-order valence-corrected chi connectivity index (χ3v) is 3.31. The zero-order valence-corrected chi connectivity index (χ0v) is 13.2. The summed E-state index contributed by atoms with van der Waals surface area (Å²) in [6, 6.07) is 7.41. The zero-order chi connectivity index (χ0) is 16.3. The number of nitrogens with one attached hydrogen (secondary N) is 1. The highest BCUT2D eigenvalue weighted by molar-refractivity contribution is 5.98. The summed E-state index contributed by atoms with van der Waals surface area (Å²) in [5, 5.41) is 3.88. The molecule has 0 aliphatic heterocycles. The minimum Gasteiger partial charge on any atom is -0.347 e. The van der Waals surface area contributed by atoms with Gasteiger partial charge in [0.25, 0.3) is 5.91 Å². The van der Waals surface area contributed by atoms with Crippen LogP contribution >= 0.6 is 0 Å². The van der Waals surface area contributed by atoms with Gasteiger partial charge in [0.1, 0.15) is 0 Å². The Balaban J connectivity index is 2.28. The molecule has 22 heavy (non-hydrogen) atoms. The van der Waals surface area contributed by atoms with Gasteiger partial charge in [-0.25, -0.2) is 4.39 Å². The average molecular weight is 303 g/mol. The predicted octanol–water partition coefficient (Wildman–Crippen LogP) is 2.98. The molecule has 1 amide bonds. The monoisotopic (exact) mass is 303 g/mol. The fraction of sp³-hybridized carbons (Fsp3) is 0.353. The van der Waals surface area contributed by atoms with Crippen LogP contribution in [-0.2, 0) is 6.54 Å². The van der Waals surface area contributed by atoms with E-state index in [2.05, 4.69) is 5.32 Å². The molecular weight excluding hydrogens is 281 g/mol. The average Bonchev–Trinajstić information content (AvgIpc) is 2.85. The molecule has 0 atom stereocenters. The normalized spacial score (nSPS) is 12.7. The maximum absolute atomic E-state index is 12.7. The van der Waals surface area contributed by atoms with Crippen molar-refractivity contribution in [1.29, 1.82) is 0 Å². The fourth-order valence-electron chi connectivity index (χ4n) is 2.25. The van der Waals surface area contributed by atoms with Crippen molar-refractivity contribution in [3.05, 3.63) is 47.9 Å². The molecule has 0 aliphatic rings. The maximum atomic E-state index is 12.7. The van der Waals surface area contributed by atoms with Crippen molar-refractivity contribution < 1.29 is 9.18 Å². The van der Waals surface area contributed by atoms with Gasteiger partial charge in [0.15, 0.2) is 0 Å². The highest BCUT2D eigenvalue weighted by atomic mass is 19.1. The molecule has 1 aromatic heterocycles. The first-order valence-corrected chi connectivity index (χ1v) is 7.23. The molecule has 1 aromatic carbocycles. The number of hydrogen-bond donors (Lipinski definition) is 2. The van der Waals surface area contributed by atoms with E-state index in [1.54, 1.807) is 6.07 Å². The van der Waals surface area contributed by atoms with Gasteiger partial charge in [0.05, 0.1) is 6.33 Å². The van der Waals surface area contributed by atoms with E-state index in [0.717, 1.165) is 10.9 Å². The van der Waals surface area contributed by atoms with Crippen LogP contribution < -0.4 is 11.1 Å². The first-order chi connectivity index (χ1) is 10.3. The van der Waals surface area contributed by atoms with Gasteiger partial charge in [-0.2, -0.15) is 0 Å². The third-order valence-electron chi connectivity index (χ3n) is 3.31. The summed E-state index contributed by atoms with van der Waals surface area (Å²) in [4.78, 5) is 12.2. The second kappa shape index (κ2) is 6.32. The van der Waals surface area contributed by atoms with E-state index in [1.165, 1.54) is 0 Å². The number of carbonyl (C=O) groups is 1. The highest BCUT2D eigenvalue weighted by Crippen LogP contribution is 2.19. The van der Waals surface area contributed by atoms with Crippen LogP contribution in [0.25, 0.3) is 10.9 Å². The fourth-order valence-corrected chi connectivity index (χ4v) is 2.25. The van der Waals surface area contributed by atoms with E-state index in [0.29, 0.717) is 24.0 Å². The number of nitrogens with two attached hydrogens (primary N) is 1. The molecule has 0 spiro atoms.